The molecule has 0 radical (unpaired) electrons. The molecule has 2 aliphatic carbocycles. The van der Waals surface area contributed by atoms with Crippen molar-refractivity contribution in [2.45, 2.75) is 83.4 Å². The molecule has 0 amide bonds. The van der Waals surface area contributed by atoms with Crippen LogP contribution in [0.15, 0.2) is 24.3 Å². The first-order valence-electron chi connectivity index (χ1n) is 12.3. The van der Waals surface area contributed by atoms with Crippen LogP contribution in [0.5, 0.6) is 5.75 Å². The Morgan fingerprint density at radius 1 is 1.08 bits per heavy atom. The van der Waals surface area contributed by atoms with E-state index in [2.05, 4.69) is 10.3 Å². The van der Waals surface area contributed by atoms with Crippen molar-refractivity contribution in [2.75, 3.05) is 0 Å². The number of fused-ring (bicyclic) bond motifs is 1. The molecule has 1 aromatic heterocycles. The predicted molar refractivity (Wildman–Crippen MR) is 124 cm³/mol. The van der Waals surface area contributed by atoms with Gasteiger partial charge in [0.25, 0.3) is 0 Å². The predicted octanol–water partition coefficient (Wildman–Crippen LogP) is 6.90. The minimum atomic E-state index is -4.76. The van der Waals surface area contributed by atoms with Gasteiger partial charge in [-0.1, -0.05) is 19.9 Å². The lowest BCUT2D eigenvalue weighted by Gasteiger charge is -2.51. The van der Waals surface area contributed by atoms with Gasteiger partial charge in [0.2, 0.25) is 0 Å². The van der Waals surface area contributed by atoms with Crippen molar-refractivity contribution < 1.29 is 41.0 Å². The van der Waals surface area contributed by atoms with E-state index in [-0.39, 0.29) is 48.7 Å². The molecule has 5 nitrogen and oxygen atoms in total. The highest BCUT2D eigenvalue weighted by Crippen LogP contribution is 2.47. The second-order valence-corrected chi connectivity index (χ2v) is 10.8. The molecule has 0 saturated heterocycles. The minimum Gasteiger partial charge on any atom is -0.490 e. The van der Waals surface area contributed by atoms with Gasteiger partial charge in [-0.25, -0.2) is 0 Å². The number of nitrogens with zero attached hydrogens (tertiary/aromatic N) is 1. The molecule has 11 heteroatoms. The minimum absolute atomic E-state index is 0.0279. The van der Waals surface area contributed by atoms with E-state index in [1.165, 1.54) is 24.3 Å². The zero-order valence-electron chi connectivity index (χ0n) is 20.7. The first-order valence-corrected chi connectivity index (χ1v) is 12.3. The van der Waals surface area contributed by atoms with Gasteiger partial charge in [0.1, 0.15) is 11.3 Å². The second-order valence-electron chi connectivity index (χ2n) is 10.8. The van der Waals surface area contributed by atoms with Gasteiger partial charge in [-0.2, -0.15) is 26.3 Å². The number of nitrogens with one attached hydrogen (secondary N) is 1. The van der Waals surface area contributed by atoms with E-state index >= 15 is 0 Å². The number of ether oxygens (including phenoxy) is 1. The summed E-state index contributed by atoms with van der Waals surface area (Å²) in [6.45, 7) is 5.54. The van der Waals surface area contributed by atoms with Crippen LogP contribution in [0.25, 0.3) is 10.9 Å². The molecule has 1 heterocycles. The summed E-state index contributed by atoms with van der Waals surface area (Å²) < 4.78 is 86.7. The Balaban J connectivity index is 1.54. The average molecular weight is 533 g/mol. The lowest BCUT2D eigenvalue weighted by molar-refractivity contribution is -0.185. The number of carboxylic acids is 1. The third-order valence-electron chi connectivity index (χ3n) is 8.03. The fraction of sp³-hybridized carbons (Fsp3) is 0.615. The van der Waals surface area contributed by atoms with Crippen molar-refractivity contribution >= 4 is 16.9 Å². The largest absolute Gasteiger partial charge is 0.490 e. The summed E-state index contributed by atoms with van der Waals surface area (Å²) in [7, 11) is 0. The first-order chi connectivity index (χ1) is 17.1. The quantitative estimate of drug-likeness (QED) is 0.396. The summed E-state index contributed by atoms with van der Waals surface area (Å²) in [5.41, 5.74) is -0.851. The van der Waals surface area contributed by atoms with Crippen LogP contribution in [0, 0.1) is 17.3 Å². The Hall–Kier alpha value is -2.56. The van der Waals surface area contributed by atoms with Crippen molar-refractivity contribution in [1.82, 2.24) is 10.3 Å². The van der Waals surface area contributed by atoms with E-state index in [1.807, 2.05) is 20.8 Å². The van der Waals surface area contributed by atoms with Crippen LogP contribution < -0.4 is 10.1 Å². The SMILES string of the molecule is CC(NC1CC(C(=O)O)C1(C)C)c1ccc2c(C(F)(F)F)c(O[C@H]3CC[C@@H](C(F)(F)F)CC3)ccc2n1. The van der Waals surface area contributed by atoms with Crippen LogP contribution in [0.1, 0.15) is 70.2 Å². The molecular weight excluding hydrogens is 502 g/mol. The Labute approximate surface area is 210 Å². The number of hydrogen-bond acceptors (Lipinski definition) is 4. The van der Waals surface area contributed by atoms with Gasteiger partial charge in [0.05, 0.1) is 29.2 Å². The molecule has 2 aliphatic rings. The number of pyridine rings is 1. The van der Waals surface area contributed by atoms with Crippen molar-refractivity contribution in [3.63, 3.8) is 0 Å². The Kier molecular flexibility index (Phi) is 7.15. The summed E-state index contributed by atoms with van der Waals surface area (Å²) in [4.78, 5) is 15.8. The maximum Gasteiger partial charge on any atom is 0.420 e. The molecule has 3 unspecified atom stereocenters. The Morgan fingerprint density at radius 2 is 1.73 bits per heavy atom. The van der Waals surface area contributed by atoms with E-state index in [1.54, 1.807) is 0 Å². The van der Waals surface area contributed by atoms with Crippen LogP contribution in [0.3, 0.4) is 0 Å². The van der Waals surface area contributed by atoms with Crippen LogP contribution in [-0.2, 0) is 11.0 Å². The van der Waals surface area contributed by atoms with Crippen molar-refractivity contribution in [3.05, 3.63) is 35.5 Å². The maximum atomic E-state index is 14.1. The maximum absolute atomic E-state index is 14.1. The van der Waals surface area contributed by atoms with Gasteiger partial charge in [-0.05, 0) is 62.6 Å². The van der Waals surface area contributed by atoms with E-state index < -0.39 is 53.0 Å². The highest BCUT2D eigenvalue weighted by atomic mass is 19.4. The van der Waals surface area contributed by atoms with Gasteiger partial charge in [0.15, 0.2) is 0 Å². The van der Waals surface area contributed by atoms with E-state index in [4.69, 9.17) is 4.74 Å². The number of rotatable bonds is 6. The lowest BCUT2D eigenvalue weighted by Crippen LogP contribution is -2.59. The van der Waals surface area contributed by atoms with Crippen molar-refractivity contribution in [2.24, 2.45) is 17.3 Å². The standard InChI is InChI=1S/C26H30F6N2O3/c1-13(33-21-12-17(23(35)36)24(21,2)3)18-9-8-16-19(34-18)10-11-20(22(16)26(30,31)32)37-15-6-4-14(5-7-15)25(27,28)29/h8-11,13-15,17,21,33H,4-7,12H2,1-3H3,(H,35,36)/t13?,14-,15+,17?,21?. The summed E-state index contributed by atoms with van der Waals surface area (Å²) >= 11 is 0. The third-order valence-corrected chi connectivity index (χ3v) is 8.03. The van der Waals surface area contributed by atoms with Gasteiger partial charge in [0, 0.05) is 17.5 Å². The van der Waals surface area contributed by atoms with Crippen LogP contribution in [0.4, 0.5) is 26.3 Å². The topological polar surface area (TPSA) is 71.5 Å². The van der Waals surface area contributed by atoms with Gasteiger partial charge in [-0.3, -0.25) is 9.78 Å². The zero-order valence-corrected chi connectivity index (χ0v) is 20.7. The van der Waals surface area contributed by atoms with Crippen molar-refractivity contribution in [3.8, 4) is 5.75 Å². The molecular formula is C26H30F6N2O3. The van der Waals surface area contributed by atoms with E-state index in [0.717, 1.165) is 0 Å². The highest BCUT2D eigenvalue weighted by molar-refractivity contribution is 5.85. The van der Waals surface area contributed by atoms with Crippen LogP contribution in [-0.4, -0.2) is 34.4 Å². The molecule has 2 fully saturated rings. The fourth-order valence-corrected chi connectivity index (χ4v) is 5.53. The van der Waals surface area contributed by atoms with Gasteiger partial charge < -0.3 is 15.2 Å². The van der Waals surface area contributed by atoms with Crippen LogP contribution in [0.2, 0.25) is 0 Å². The lowest BCUT2D eigenvalue weighted by atomic mass is 9.58. The number of aliphatic carboxylic acids is 1. The third kappa shape index (κ3) is 5.51. The Bertz CT molecular complexity index is 1160. The normalized spacial score (nSPS) is 26.9. The fourth-order valence-electron chi connectivity index (χ4n) is 5.53. The number of alkyl halides is 6. The molecule has 3 atom stereocenters. The van der Waals surface area contributed by atoms with Crippen LogP contribution >= 0.6 is 0 Å². The van der Waals surface area contributed by atoms with E-state index in [0.29, 0.717) is 12.1 Å². The zero-order chi connectivity index (χ0) is 27.3. The van der Waals surface area contributed by atoms with Gasteiger partial charge in [-0.15, -0.1) is 0 Å². The molecule has 2 N–H and O–H groups in total. The molecule has 4 rings (SSSR count). The highest BCUT2D eigenvalue weighted by Gasteiger charge is 2.52. The number of carboxylic acid groups (broad SMARTS) is 1. The molecule has 2 saturated carbocycles. The van der Waals surface area contributed by atoms with Crippen molar-refractivity contribution in [1.29, 1.82) is 0 Å². The summed E-state index contributed by atoms with van der Waals surface area (Å²) in [5, 5.41) is 12.5. The van der Waals surface area contributed by atoms with Gasteiger partial charge >= 0.3 is 18.3 Å². The molecule has 204 valence electrons. The first kappa shape index (κ1) is 27.5. The Morgan fingerprint density at radius 3 is 2.27 bits per heavy atom. The molecule has 37 heavy (non-hydrogen) atoms. The number of halogens is 6. The molecule has 0 bridgehead atoms. The number of benzene rings is 1. The number of carbonyl (C=O) groups is 1. The number of hydrogen-bond donors (Lipinski definition) is 2. The summed E-state index contributed by atoms with van der Waals surface area (Å²) in [5.74, 6) is -3.19. The number of aromatic nitrogens is 1. The summed E-state index contributed by atoms with van der Waals surface area (Å²) in [6, 6.07) is 5.01. The second kappa shape index (κ2) is 9.63. The monoisotopic (exact) mass is 532 g/mol. The smallest absolute Gasteiger partial charge is 0.420 e. The van der Waals surface area contributed by atoms with E-state index in [9.17, 15) is 36.2 Å². The molecule has 2 aromatic rings. The molecule has 1 aromatic carbocycles. The summed E-state index contributed by atoms with van der Waals surface area (Å²) in [6.07, 6.45) is -9.65. The molecule has 0 spiro atoms. The molecule has 0 aliphatic heterocycles. The average Bonchev–Trinajstić information content (AvgIpc) is 2.79.